The molecule has 8 heteroatoms. The smallest absolute Gasteiger partial charge is 0.251 e. The number of carbonyl (C=O) groups excluding carboxylic acids is 1. The third kappa shape index (κ3) is 8.24. The van der Waals surface area contributed by atoms with Gasteiger partial charge in [-0.25, -0.2) is 0 Å². The van der Waals surface area contributed by atoms with Gasteiger partial charge in [0.25, 0.3) is 5.91 Å². The van der Waals surface area contributed by atoms with Crippen LogP contribution in [0.2, 0.25) is 0 Å². The van der Waals surface area contributed by atoms with Crippen LogP contribution in [0.1, 0.15) is 42.5 Å². The number of benzene rings is 1. The van der Waals surface area contributed by atoms with Gasteiger partial charge >= 0.3 is 0 Å². The molecular formula is C20H32BrIN4O2. The van der Waals surface area contributed by atoms with Crippen molar-refractivity contribution in [3.8, 4) is 0 Å². The minimum absolute atomic E-state index is 0. The lowest BCUT2D eigenvalue weighted by Gasteiger charge is -2.42. The summed E-state index contributed by atoms with van der Waals surface area (Å²) in [6, 6.07) is 7.36. The number of carbonyl (C=O) groups is 1. The molecule has 0 spiro atoms. The number of methoxy groups -OCH3 is 1. The summed E-state index contributed by atoms with van der Waals surface area (Å²) in [4.78, 5) is 16.3. The summed E-state index contributed by atoms with van der Waals surface area (Å²) in [7, 11) is 3.54. The van der Waals surface area contributed by atoms with Crippen LogP contribution in [0.5, 0.6) is 0 Å². The molecule has 3 N–H and O–H groups in total. The number of aliphatic imine (C=N–C) groups is 1. The molecule has 0 aliphatic heterocycles. The van der Waals surface area contributed by atoms with Crippen LogP contribution in [0, 0.1) is 5.41 Å². The number of hydrogen-bond acceptors (Lipinski definition) is 3. The van der Waals surface area contributed by atoms with Gasteiger partial charge in [0.15, 0.2) is 5.96 Å². The number of halogens is 2. The van der Waals surface area contributed by atoms with E-state index in [1.807, 2.05) is 24.3 Å². The van der Waals surface area contributed by atoms with Crippen molar-refractivity contribution in [2.45, 2.75) is 32.1 Å². The molecule has 0 unspecified atom stereocenters. The predicted molar refractivity (Wildman–Crippen MR) is 129 cm³/mol. The number of guanidine groups is 1. The molecule has 1 aromatic rings. The first-order valence-corrected chi connectivity index (χ1v) is 10.4. The molecule has 0 saturated heterocycles. The first-order chi connectivity index (χ1) is 13.1. The average Bonchev–Trinajstić information content (AvgIpc) is 2.65. The summed E-state index contributed by atoms with van der Waals surface area (Å²) in [5.74, 6) is 0.771. The largest absolute Gasteiger partial charge is 0.385 e. The Morgan fingerprint density at radius 1 is 1.18 bits per heavy atom. The lowest BCUT2D eigenvalue weighted by atomic mass is 9.67. The van der Waals surface area contributed by atoms with Crippen molar-refractivity contribution in [1.29, 1.82) is 0 Å². The SMILES string of the molecule is CN=C(NCCCNC(=O)c1ccc(Br)cc1)NCC1(CCOC)CCC1.I. The zero-order chi connectivity index (χ0) is 19.5. The summed E-state index contributed by atoms with van der Waals surface area (Å²) in [5.41, 5.74) is 1.03. The highest BCUT2D eigenvalue weighted by Gasteiger charge is 2.36. The zero-order valence-electron chi connectivity index (χ0n) is 16.7. The second kappa shape index (κ2) is 13.4. The zero-order valence-corrected chi connectivity index (χ0v) is 20.6. The van der Waals surface area contributed by atoms with Crippen molar-refractivity contribution in [3.05, 3.63) is 34.3 Å². The van der Waals surface area contributed by atoms with Crippen LogP contribution in [0.3, 0.4) is 0 Å². The summed E-state index contributed by atoms with van der Waals surface area (Å²) in [5, 5.41) is 9.70. The Labute approximate surface area is 193 Å². The summed E-state index contributed by atoms with van der Waals surface area (Å²) in [6.07, 6.45) is 5.73. The van der Waals surface area contributed by atoms with Gasteiger partial charge in [-0.3, -0.25) is 9.79 Å². The fourth-order valence-electron chi connectivity index (χ4n) is 3.20. The summed E-state index contributed by atoms with van der Waals surface area (Å²) < 4.78 is 6.21. The van der Waals surface area contributed by atoms with Crippen molar-refractivity contribution in [3.63, 3.8) is 0 Å². The van der Waals surface area contributed by atoms with Gasteiger partial charge in [-0.15, -0.1) is 24.0 Å². The molecule has 6 nitrogen and oxygen atoms in total. The van der Waals surface area contributed by atoms with Crippen LogP contribution < -0.4 is 16.0 Å². The second-order valence-electron chi connectivity index (χ2n) is 7.07. The highest BCUT2D eigenvalue weighted by atomic mass is 127. The Kier molecular flexibility index (Phi) is 12.0. The molecule has 0 bridgehead atoms. The molecule has 1 amide bonds. The van der Waals surface area contributed by atoms with E-state index in [1.165, 1.54) is 19.3 Å². The van der Waals surface area contributed by atoms with Crippen LogP contribution in [0.4, 0.5) is 0 Å². The molecule has 2 rings (SSSR count). The van der Waals surface area contributed by atoms with E-state index in [9.17, 15) is 4.79 Å². The number of ether oxygens (including phenoxy) is 1. The van der Waals surface area contributed by atoms with E-state index < -0.39 is 0 Å². The average molecular weight is 567 g/mol. The van der Waals surface area contributed by atoms with Gasteiger partial charge in [0.1, 0.15) is 0 Å². The van der Waals surface area contributed by atoms with Gasteiger partial charge in [0.2, 0.25) is 0 Å². The van der Waals surface area contributed by atoms with E-state index in [-0.39, 0.29) is 29.9 Å². The summed E-state index contributed by atoms with van der Waals surface area (Å²) >= 11 is 3.37. The van der Waals surface area contributed by atoms with E-state index in [1.54, 1.807) is 14.2 Å². The summed E-state index contributed by atoms with van der Waals surface area (Å²) in [6.45, 7) is 3.12. The molecule has 1 fully saturated rings. The Bertz CT molecular complexity index is 621. The molecule has 1 aliphatic carbocycles. The van der Waals surface area contributed by atoms with Crippen LogP contribution in [-0.4, -0.2) is 52.3 Å². The highest BCUT2D eigenvalue weighted by molar-refractivity contribution is 14.0. The van der Waals surface area contributed by atoms with Gasteiger partial charge in [0, 0.05) is 50.4 Å². The normalized spacial score (nSPS) is 15.2. The van der Waals surface area contributed by atoms with Crippen molar-refractivity contribution in [1.82, 2.24) is 16.0 Å². The first-order valence-electron chi connectivity index (χ1n) is 9.56. The maximum atomic E-state index is 12.1. The van der Waals surface area contributed by atoms with Crippen molar-refractivity contribution >= 4 is 51.8 Å². The maximum absolute atomic E-state index is 12.1. The first kappa shape index (κ1) is 25.2. The molecule has 28 heavy (non-hydrogen) atoms. The van der Waals surface area contributed by atoms with Crippen molar-refractivity contribution < 1.29 is 9.53 Å². The third-order valence-corrected chi connectivity index (χ3v) is 5.67. The Balaban J connectivity index is 0.00000392. The van der Waals surface area contributed by atoms with E-state index >= 15 is 0 Å². The van der Waals surface area contributed by atoms with Crippen molar-refractivity contribution in [2.75, 3.05) is 40.4 Å². The van der Waals surface area contributed by atoms with Crippen LogP contribution in [-0.2, 0) is 4.74 Å². The fraction of sp³-hybridized carbons (Fsp3) is 0.600. The molecule has 0 heterocycles. The number of hydrogen-bond donors (Lipinski definition) is 3. The van der Waals surface area contributed by atoms with Crippen LogP contribution >= 0.6 is 39.9 Å². The molecule has 158 valence electrons. The van der Waals surface area contributed by atoms with Gasteiger partial charge in [-0.2, -0.15) is 0 Å². The second-order valence-corrected chi connectivity index (χ2v) is 7.98. The molecular weight excluding hydrogens is 535 g/mol. The number of rotatable bonds is 10. The van der Waals surface area contributed by atoms with Gasteiger partial charge in [-0.1, -0.05) is 22.4 Å². The van der Waals surface area contributed by atoms with Gasteiger partial charge in [0.05, 0.1) is 0 Å². The number of nitrogens with one attached hydrogen (secondary N) is 3. The van der Waals surface area contributed by atoms with Crippen LogP contribution in [0.15, 0.2) is 33.7 Å². The Morgan fingerprint density at radius 3 is 2.43 bits per heavy atom. The minimum atomic E-state index is -0.0462. The topological polar surface area (TPSA) is 74.8 Å². The van der Waals surface area contributed by atoms with Gasteiger partial charge in [-0.05, 0) is 55.4 Å². The highest BCUT2D eigenvalue weighted by Crippen LogP contribution is 2.43. The minimum Gasteiger partial charge on any atom is -0.385 e. The van der Waals surface area contributed by atoms with E-state index in [0.717, 1.165) is 43.0 Å². The maximum Gasteiger partial charge on any atom is 0.251 e. The standard InChI is InChI=1S/C20H31BrN4O2.HI/c1-22-19(25-15-20(9-3-10-20)11-14-27-2)24-13-4-12-23-18(26)16-5-7-17(21)8-6-16;/h5-8H,3-4,9-15H2,1-2H3,(H,23,26)(H2,22,24,25);1H. The third-order valence-electron chi connectivity index (χ3n) is 5.14. The monoisotopic (exact) mass is 566 g/mol. The quantitative estimate of drug-likeness (QED) is 0.175. The van der Waals surface area contributed by atoms with Crippen LogP contribution in [0.25, 0.3) is 0 Å². The number of amides is 1. The molecule has 1 saturated carbocycles. The van der Waals surface area contributed by atoms with Crippen molar-refractivity contribution in [2.24, 2.45) is 10.4 Å². The van der Waals surface area contributed by atoms with E-state index in [4.69, 9.17) is 4.74 Å². The lowest BCUT2D eigenvalue weighted by molar-refractivity contribution is 0.0732. The van der Waals surface area contributed by atoms with E-state index in [0.29, 0.717) is 17.5 Å². The predicted octanol–water partition coefficient (Wildman–Crippen LogP) is 3.56. The Hall–Kier alpha value is -0.870. The number of nitrogens with zero attached hydrogens (tertiary/aromatic N) is 1. The lowest BCUT2D eigenvalue weighted by Crippen LogP contribution is -2.47. The molecule has 0 aromatic heterocycles. The fourth-order valence-corrected chi connectivity index (χ4v) is 3.47. The van der Waals surface area contributed by atoms with Gasteiger partial charge < -0.3 is 20.7 Å². The molecule has 1 aromatic carbocycles. The molecule has 0 atom stereocenters. The Morgan fingerprint density at radius 2 is 1.86 bits per heavy atom. The molecule has 1 aliphatic rings. The molecule has 0 radical (unpaired) electrons. The van der Waals surface area contributed by atoms with E-state index in [2.05, 4.69) is 36.9 Å².